The molecular formula is C21H14N4O4S3. The van der Waals surface area contributed by atoms with Crippen molar-refractivity contribution in [1.29, 1.82) is 0 Å². The van der Waals surface area contributed by atoms with E-state index in [0.29, 0.717) is 0 Å². The Hall–Kier alpha value is -3.41. The average molecular weight is 483 g/mol. The molecule has 32 heavy (non-hydrogen) atoms. The first kappa shape index (κ1) is 20.5. The van der Waals surface area contributed by atoms with Crippen LogP contribution in [0.15, 0.2) is 70.0 Å². The highest BCUT2D eigenvalue weighted by molar-refractivity contribution is 7.91. The second-order valence-corrected chi connectivity index (χ2v) is 10.7. The number of anilines is 1. The molecule has 0 atom stereocenters. The molecule has 160 valence electrons. The van der Waals surface area contributed by atoms with Crippen LogP contribution in [0.25, 0.3) is 10.0 Å². The monoisotopic (exact) mass is 482 g/mol. The van der Waals surface area contributed by atoms with E-state index in [2.05, 4.69) is 20.6 Å². The molecule has 1 aliphatic heterocycles. The summed E-state index contributed by atoms with van der Waals surface area (Å²) in [5.74, 6) is -0.940. The highest BCUT2D eigenvalue weighted by atomic mass is 32.2. The quantitative estimate of drug-likeness (QED) is 0.459. The largest absolute Gasteiger partial charge is 0.347 e. The lowest BCUT2D eigenvalue weighted by Gasteiger charge is -2.10. The highest BCUT2D eigenvalue weighted by Crippen LogP contribution is 2.34. The van der Waals surface area contributed by atoms with Crippen LogP contribution in [0.3, 0.4) is 0 Å². The third-order valence-corrected chi connectivity index (χ3v) is 8.58. The molecule has 2 N–H and O–H groups in total. The van der Waals surface area contributed by atoms with Crippen LogP contribution in [-0.4, -0.2) is 30.2 Å². The van der Waals surface area contributed by atoms with Gasteiger partial charge in [-0.1, -0.05) is 12.1 Å². The SMILES string of the molecule is O=C(NCc1cnc(-c2nccs2)s1)c1ccc2c(c1)NC(=O)c1ccccc1S2(=O)=O. The second kappa shape index (κ2) is 7.93. The van der Waals surface area contributed by atoms with E-state index in [9.17, 15) is 18.0 Å². The molecule has 5 rings (SSSR count). The first-order valence-electron chi connectivity index (χ1n) is 9.36. The number of hydrogen-bond acceptors (Lipinski definition) is 8. The van der Waals surface area contributed by atoms with Crippen molar-refractivity contribution in [2.24, 2.45) is 0 Å². The maximum atomic E-state index is 13.1. The van der Waals surface area contributed by atoms with Crippen LogP contribution < -0.4 is 10.6 Å². The van der Waals surface area contributed by atoms with Gasteiger partial charge in [-0.2, -0.15) is 0 Å². The smallest absolute Gasteiger partial charge is 0.257 e. The number of aromatic nitrogens is 2. The lowest BCUT2D eigenvalue weighted by molar-refractivity contribution is 0.0949. The normalized spacial score (nSPS) is 14.1. The number of benzene rings is 2. The number of nitrogens with one attached hydrogen (secondary N) is 2. The number of hydrogen-bond donors (Lipinski definition) is 2. The summed E-state index contributed by atoms with van der Waals surface area (Å²) in [6, 6.07) is 10.2. The van der Waals surface area contributed by atoms with E-state index in [-0.39, 0.29) is 33.2 Å². The second-order valence-electron chi connectivity index (χ2n) is 6.82. The summed E-state index contributed by atoms with van der Waals surface area (Å²) in [7, 11) is -3.91. The van der Waals surface area contributed by atoms with Gasteiger partial charge in [-0.3, -0.25) is 9.59 Å². The summed E-state index contributed by atoms with van der Waals surface area (Å²) < 4.78 is 26.1. The topological polar surface area (TPSA) is 118 Å². The van der Waals surface area contributed by atoms with Crippen molar-refractivity contribution in [2.45, 2.75) is 16.3 Å². The molecule has 4 aromatic rings. The standard InChI is InChI=1S/C21H14N4O4S3/c26-18(23-10-13-11-24-21(31-13)20-22-7-8-30-20)12-5-6-17-15(9-12)25-19(27)14-3-1-2-4-16(14)32(17,28)29/h1-9,11H,10H2,(H,23,26)(H,25,27). The van der Waals surface area contributed by atoms with E-state index in [1.165, 1.54) is 53.0 Å². The molecule has 0 saturated heterocycles. The van der Waals surface area contributed by atoms with Gasteiger partial charge in [0.2, 0.25) is 9.84 Å². The molecule has 0 saturated carbocycles. The minimum absolute atomic E-state index is 0.0529. The van der Waals surface area contributed by atoms with Crippen molar-refractivity contribution in [3.05, 3.63) is 76.2 Å². The van der Waals surface area contributed by atoms with E-state index >= 15 is 0 Å². The maximum Gasteiger partial charge on any atom is 0.257 e. The zero-order valence-corrected chi connectivity index (χ0v) is 18.7. The fourth-order valence-corrected chi connectivity index (χ4v) is 6.42. The minimum atomic E-state index is -3.91. The molecule has 2 aromatic carbocycles. The maximum absolute atomic E-state index is 13.1. The van der Waals surface area contributed by atoms with Gasteiger partial charge in [0, 0.05) is 28.2 Å². The van der Waals surface area contributed by atoms with Crippen molar-refractivity contribution in [1.82, 2.24) is 15.3 Å². The Morgan fingerprint density at radius 3 is 2.72 bits per heavy atom. The molecule has 0 fully saturated rings. The molecule has 11 heteroatoms. The van der Waals surface area contributed by atoms with E-state index in [0.717, 1.165) is 14.9 Å². The van der Waals surface area contributed by atoms with Gasteiger partial charge >= 0.3 is 0 Å². The summed E-state index contributed by atoms with van der Waals surface area (Å²) in [6.07, 6.45) is 3.39. The van der Waals surface area contributed by atoms with Crippen molar-refractivity contribution in [3.63, 3.8) is 0 Å². The van der Waals surface area contributed by atoms with Crippen molar-refractivity contribution in [3.8, 4) is 10.0 Å². The molecule has 3 heterocycles. The van der Waals surface area contributed by atoms with Crippen LogP contribution in [0.2, 0.25) is 0 Å². The summed E-state index contributed by atoms with van der Waals surface area (Å²) in [4.78, 5) is 34.5. The van der Waals surface area contributed by atoms with E-state index in [1.54, 1.807) is 24.5 Å². The fraction of sp³-hybridized carbons (Fsp3) is 0.0476. The molecular weight excluding hydrogens is 468 g/mol. The lowest BCUT2D eigenvalue weighted by Crippen LogP contribution is -2.22. The molecule has 8 nitrogen and oxygen atoms in total. The Balaban J connectivity index is 1.38. The zero-order valence-electron chi connectivity index (χ0n) is 16.2. The van der Waals surface area contributed by atoms with Gasteiger partial charge in [0.15, 0.2) is 10.0 Å². The number of thiazole rings is 2. The Morgan fingerprint density at radius 1 is 1.06 bits per heavy atom. The molecule has 0 bridgehead atoms. The fourth-order valence-electron chi connectivity index (χ4n) is 3.29. The van der Waals surface area contributed by atoms with Gasteiger partial charge in [0.25, 0.3) is 11.8 Å². The van der Waals surface area contributed by atoms with Crippen LogP contribution in [0, 0.1) is 0 Å². The summed E-state index contributed by atoms with van der Waals surface area (Å²) >= 11 is 2.92. The van der Waals surface area contributed by atoms with Crippen molar-refractivity contribution >= 4 is 50.0 Å². The van der Waals surface area contributed by atoms with Gasteiger partial charge in [-0.15, -0.1) is 22.7 Å². The summed E-state index contributed by atoms with van der Waals surface area (Å²) in [5, 5.41) is 8.87. The highest BCUT2D eigenvalue weighted by Gasteiger charge is 2.31. The van der Waals surface area contributed by atoms with Crippen LogP contribution >= 0.6 is 22.7 Å². The third kappa shape index (κ3) is 3.60. The molecule has 0 unspecified atom stereocenters. The number of rotatable bonds is 4. The number of amides is 2. The first-order chi connectivity index (χ1) is 15.4. The Kier molecular flexibility index (Phi) is 5.08. The number of fused-ring (bicyclic) bond motifs is 2. The van der Waals surface area contributed by atoms with Gasteiger partial charge < -0.3 is 10.6 Å². The lowest BCUT2D eigenvalue weighted by atomic mass is 10.1. The van der Waals surface area contributed by atoms with Gasteiger partial charge in [-0.05, 0) is 30.3 Å². The molecule has 2 aromatic heterocycles. The zero-order chi connectivity index (χ0) is 22.3. The van der Waals surface area contributed by atoms with Crippen LogP contribution in [0.4, 0.5) is 5.69 Å². The Labute approximate surface area is 190 Å². The predicted molar refractivity (Wildman–Crippen MR) is 121 cm³/mol. The van der Waals surface area contributed by atoms with Crippen molar-refractivity contribution < 1.29 is 18.0 Å². The summed E-state index contributed by atoms with van der Waals surface area (Å²) in [5.41, 5.74) is 0.369. The Morgan fingerprint density at radius 2 is 1.91 bits per heavy atom. The van der Waals surface area contributed by atoms with E-state index in [4.69, 9.17) is 0 Å². The average Bonchev–Trinajstić information content (AvgIpc) is 3.47. The van der Waals surface area contributed by atoms with Crippen LogP contribution in [0.1, 0.15) is 25.6 Å². The van der Waals surface area contributed by atoms with Gasteiger partial charge in [0.1, 0.15) is 0 Å². The molecule has 2 amide bonds. The van der Waals surface area contributed by atoms with Crippen molar-refractivity contribution in [2.75, 3.05) is 5.32 Å². The molecule has 1 aliphatic rings. The Bertz CT molecular complexity index is 1460. The summed E-state index contributed by atoms with van der Waals surface area (Å²) in [6.45, 7) is 0.259. The van der Waals surface area contributed by atoms with E-state index < -0.39 is 21.7 Å². The third-order valence-electron chi connectivity index (χ3n) is 4.79. The number of nitrogens with zero attached hydrogens (tertiary/aromatic N) is 2. The first-order valence-corrected chi connectivity index (χ1v) is 12.5. The minimum Gasteiger partial charge on any atom is -0.347 e. The predicted octanol–water partition coefficient (Wildman–Crippen LogP) is 3.60. The molecule has 0 radical (unpaired) electrons. The van der Waals surface area contributed by atoms with E-state index in [1.807, 2.05) is 5.38 Å². The van der Waals surface area contributed by atoms with Gasteiger partial charge in [-0.25, -0.2) is 18.4 Å². The molecule has 0 spiro atoms. The van der Waals surface area contributed by atoms with Gasteiger partial charge in [0.05, 0.1) is 27.6 Å². The van der Waals surface area contributed by atoms with Crippen LogP contribution in [-0.2, 0) is 16.4 Å². The number of carbonyl (C=O) groups excluding carboxylic acids is 2. The molecule has 0 aliphatic carbocycles. The van der Waals surface area contributed by atoms with Crippen LogP contribution in [0.5, 0.6) is 0 Å². The number of sulfone groups is 1. The number of carbonyl (C=O) groups is 2.